The van der Waals surface area contributed by atoms with Gasteiger partial charge in [-0.05, 0) is 37.1 Å². The SMILES string of the molecule is CCCCCCCCCCCCCCCCCCCC1(S(=O)(=O)[O-])Nc2ccccc2N1.CCCCCCCCCCCCCCCCCCCC1(S(=O)(=O)[O-])Nc2ccccc2N1.[Ca+2]. The molecule has 2 aliphatic rings. The van der Waals surface area contributed by atoms with Crippen molar-refractivity contribution in [3.63, 3.8) is 0 Å². The van der Waals surface area contributed by atoms with Gasteiger partial charge in [0.15, 0.2) is 0 Å². The minimum Gasteiger partial charge on any atom is -0.745 e. The molecule has 13 heteroatoms. The van der Waals surface area contributed by atoms with Crippen molar-refractivity contribution in [1.82, 2.24) is 0 Å². The number of hydrogen-bond acceptors (Lipinski definition) is 10. The van der Waals surface area contributed by atoms with E-state index in [-0.39, 0.29) is 50.6 Å². The van der Waals surface area contributed by atoms with E-state index in [0.717, 1.165) is 25.7 Å². The zero-order valence-corrected chi connectivity index (χ0v) is 44.9. The number of benzene rings is 2. The summed E-state index contributed by atoms with van der Waals surface area (Å²) in [6.07, 6.45) is 44.1. The minimum absolute atomic E-state index is 0. The summed E-state index contributed by atoms with van der Waals surface area (Å²) in [5, 5.41) is 11.7. The Labute approximate surface area is 428 Å². The number of anilines is 4. The van der Waals surface area contributed by atoms with E-state index in [1.54, 1.807) is 24.3 Å². The molecule has 0 amide bonds. The van der Waals surface area contributed by atoms with Gasteiger partial charge in [0.1, 0.15) is 20.2 Å². The normalized spacial score (nSPS) is 14.5. The topological polar surface area (TPSA) is 163 Å². The summed E-state index contributed by atoms with van der Waals surface area (Å²) in [5.74, 6) is 0. The van der Waals surface area contributed by atoms with Crippen molar-refractivity contribution in [1.29, 1.82) is 0 Å². The maximum Gasteiger partial charge on any atom is 2.00 e. The first-order valence-corrected chi connectivity index (χ1v) is 29.0. The predicted molar refractivity (Wildman–Crippen MR) is 276 cm³/mol. The summed E-state index contributed by atoms with van der Waals surface area (Å²) in [6.45, 7) is 4.54. The second kappa shape index (κ2) is 34.9. The summed E-state index contributed by atoms with van der Waals surface area (Å²) in [4.78, 5) is -3.21. The molecule has 10 nitrogen and oxygen atoms in total. The molecule has 4 rings (SSSR count). The van der Waals surface area contributed by atoms with Gasteiger partial charge in [-0.15, -0.1) is 0 Å². The van der Waals surface area contributed by atoms with Gasteiger partial charge in [0, 0.05) is 12.8 Å². The Morgan fingerprint density at radius 3 is 0.677 bits per heavy atom. The molecule has 0 atom stereocenters. The van der Waals surface area contributed by atoms with Crippen LogP contribution < -0.4 is 21.3 Å². The maximum atomic E-state index is 11.9. The van der Waals surface area contributed by atoms with Crippen LogP contribution in [0.3, 0.4) is 0 Å². The molecule has 0 saturated carbocycles. The Morgan fingerprint density at radius 1 is 0.338 bits per heavy atom. The second-order valence-electron chi connectivity index (χ2n) is 19.0. The fraction of sp³-hybridized carbons (Fsp3) is 0.769. The van der Waals surface area contributed by atoms with Crippen LogP contribution in [0.1, 0.15) is 245 Å². The second-order valence-corrected chi connectivity index (χ2v) is 22.2. The monoisotopic (exact) mass is 971 g/mol. The third kappa shape index (κ3) is 23.7. The minimum atomic E-state index is -4.53. The van der Waals surface area contributed by atoms with Crippen LogP contribution in [0.4, 0.5) is 22.7 Å². The van der Waals surface area contributed by atoms with E-state index in [1.807, 2.05) is 24.3 Å². The average Bonchev–Trinajstić information content (AvgIpc) is 3.86. The van der Waals surface area contributed by atoms with Crippen LogP contribution in [-0.4, -0.2) is 73.7 Å². The largest absolute Gasteiger partial charge is 2.00 e. The van der Waals surface area contributed by atoms with Crippen molar-refractivity contribution < 1.29 is 25.9 Å². The van der Waals surface area contributed by atoms with Crippen molar-refractivity contribution in [3.8, 4) is 0 Å². The first-order valence-electron chi connectivity index (χ1n) is 26.2. The molecular weight excluding hydrogens is 881 g/mol. The average molecular weight is 972 g/mol. The molecule has 0 saturated heterocycles. The fourth-order valence-electron chi connectivity index (χ4n) is 9.28. The van der Waals surface area contributed by atoms with Crippen molar-refractivity contribution in [2.24, 2.45) is 0 Å². The van der Waals surface area contributed by atoms with Crippen molar-refractivity contribution in [2.75, 3.05) is 21.3 Å². The Balaban J connectivity index is 0.000000440. The number of nitrogens with one attached hydrogen (secondary N) is 4. The van der Waals surface area contributed by atoms with Gasteiger partial charge in [0.25, 0.3) is 0 Å². The molecule has 0 radical (unpaired) electrons. The number of para-hydroxylation sites is 4. The van der Waals surface area contributed by atoms with Gasteiger partial charge in [-0.2, -0.15) is 0 Å². The van der Waals surface area contributed by atoms with Gasteiger partial charge in [0.2, 0.25) is 9.99 Å². The third-order valence-corrected chi connectivity index (χ3v) is 15.8. The molecular formula is C52H90CaN4O6S2. The molecule has 0 spiro atoms. The molecule has 4 N–H and O–H groups in total. The van der Waals surface area contributed by atoms with Crippen LogP contribution in [-0.2, 0) is 20.2 Å². The van der Waals surface area contributed by atoms with Gasteiger partial charge in [-0.3, -0.25) is 0 Å². The fourth-order valence-corrected chi connectivity index (χ4v) is 11.0. The molecule has 65 heavy (non-hydrogen) atoms. The van der Waals surface area contributed by atoms with Crippen LogP contribution in [0, 0.1) is 0 Å². The van der Waals surface area contributed by atoms with E-state index >= 15 is 0 Å². The summed E-state index contributed by atoms with van der Waals surface area (Å²) >= 11 is 0. The predicted octanol–water partition coefficient (Wildman–Crippen LogP) is 15.1. The Morgan fingerprint density at radius 2 is 0.508 bits per heavy atom. The smallest absolute Gasteiger partial charge is 0.745 e. The molecule has 0 fully saturated rings. The summed E-state index contributed by atoms with van der Waals surface area (Å²) in [5.41, 5.74) is 2.72. The van der Waals surface area contributed by atoms with Crippen LogP contribution in [0.5, 0.6) is 0 Å². The van der Waals surface area contributed by atoms with Gasteiger partial charge >= 0.3 is 37.7 Å². The number of rotatable bonds is 38. The van der Waals surface area contributed by atoms with E-state index in [2.05, 4.69) is 35.1 Å². The van der Waals surface area contributed by atoms with Crippen LogP contribution in [0.15, 0.2) is 48.5 Å². The molecule has 368 valence electrons. The van der Waals surface area contributed by atoms with Gasteiger partial charge in [0.05, 0.1) is 22.7 Å². The first-order chi connectivity index (χ1) is 31.0. The first kappa shape index (κ1) is 59.8. The van der Waals surface area contributed by atoms with E-state index in [9.17, 15) is 25.9 Å². The Hall–Kier alpha value is -1.28. The number of fused-ring (bicyclic) bond motifs is 2. The molecule has 2 aliphatic heterocycles. The molecule has 0 aromatic heterocycles. The summed E-state index contributed by atoms with van der Waals surface area (Å²) in [7, 11) is -9.05. The van der Waals surface area contributed by atoms with Crippen molar-refractivity contribution in [3.05, 3.63) is 48.5 Å². The maximum absolute atomic E-state index is 11.9. The third-order valence-electron chi connectivity index (χ3n) is 13.3. The van der Waals surface area contributed by atoms with Gasteiger partial charge in [-0.25, -0.2) is 16.8 Å². The van der Waals surface area contributed by atoms with E-state index in [1.165, 1.54) is 180 Å². The zero-order valence-electron chi connectivity index (χ0n) is 41.0. The van der Waals surface area contributed by atoms with Crippen molar-refractivity contribution >= 4 is 80.7 Å². The Kier molecular flexibility index (Phi) is 32.1. The van der Waals surface area contributed by atoms with Crippen LogP contribution in [0.2, 0.25) is 0 Å². The molecule has 2 aromatic rings. The molecule has 0 unspecified atom stereocenters. The van der Waals surface area contributed by atoms with Crippen molar-refractivity contribution in [2.45, 2.75) is 255 Å². The Bertz CT molecular complexity index is 1560. The number of unbranched alkanes of at least 4 members (excludes halogenated alkanes) is 32. The van der Waals surface area contributed by atoms with E-state index < -0.39 is 30.2 Å². The van der Waals surface area contributed by atoms with E-state index in [0.29, 0.717) is 35.6 Å². The zero-order chi connectivity index (χ0) is 46.3. The number of hydrogen-bond donors (Lipinski definition) is 4. The molecule has 0 bridgehead atoms. The standard InChI is InChI=1S/2C26H46N2O3S.Ca/c2*1-2-3-4-5-6-7-8-9-10-11-12-13-14-15-16-17-20-23-26(32(29,30)31)27-24-21-18-19-22-25(24)28-26;/h2*18-19,21-22,27-28H,2-17,20,23H2,1H3,(H,29,30,31);/q;;+2/p-2. The van der Waals surface area contributed by atoms with Crippen LogP contribution >= 0.6 is 0 Å². The summed E-state index contributed by atoms with van der Waals surface area (Å²) < 4.78 is 71.7. The van der Waals surface area contributed by atoms with Gasteiger partial charge in [-0.1, -0.05) is 244 Å². The van der Waals surface area contributed by atoms with Gasteiger partial charge < -0.3 is 30.4 Å². The molecule has 2 heterocycles. The summed E-state index contributed by atoms with van der Waals surface area (Å²) in [6, 6.07) is 14.5. The molecule has 0 aliphatic carbocycles. The van der Waals surface area contributed by atoms with Crippen LogP contribution in [0.25, 0.3) is 0 Å². The molecule has 2 aromatic carbocycles. The van der Waals surface area contributed by atoms with E-state index in [4.69, 9.17) is 0 Å². The quantitative estimate of drug-likeness (QED) is 0.0289.